The number of carbonyl (C=O) groups is 1. The van der Waals surface area contributed by atoms with Crippen LogP contribution in [0, 0.1) is 0 Å². The Hall–Kier alpha value is -1.83. The van der Waals surface area contributed by atoms with Crippen LogP contribution >= 0.6 is 23.2 Å². The van der Waals surface area contributed by atoms with Crippen LogP contribution in [0.3, 0.4) is 0 Å². The zero-order chi connectivity index (χ0) is 14.1. The van der Waals surface area contributed by atoms with E-state index in [1.807, 2.05) is 42.5 Å². The highest BCUT2D eigenvalue weighted by atomic mass is 35.5. The lowest BCUT2D eigenvalue weighted by molar-refractivity contribution is 0.112. The van der Waals surface area contributed by atoms with Gasteiger partial charge in [-0.3, -0.25) is 4.79 Å². The van der Waals surface area contributed by atoms with Gasteiger partial charge in [0.25, 0.3) is 0 Å². The maximum absolute atomic E-state index is 11.5. The van der Waals surface area contributed by atoms with Gasteiger partial charge in [-0.05, 0) is 28.5 Å². The fourth-order valence-corrected chi connectivity index (χ4v) is 2.88. The van der Waals surface area contributed by atoms with Crippen molar-refractivity contribution >= 4 is 40.3 Å². The van der Waals surface area contributed by atoms with Gasteiger partial charge in [0.1, 0.15) is 0 Å². The second-order valence-corrected chi connectivity index (χ2v) is 5.33. The summed E-state index contributed by atoms with van der Waals surface area (Å²) in [6, 6.07) is 17.0. The highest BCUT2D eigenvalue weighted by molar-refractivity contribution is 6.36. The molecule has 0 N–H and O–H groups in total. The molecule has 0 atom stereocenters. The Morgan fingerprint density at radius 3 is 2.35 bits per heavy atom. The molecule has 0 unspecified atom stereocenters. The summed E-state index contributed by atoms with van der Waals surface area (Å²) in [6.07, 6.45) is 0.878. The lowest BCUT2D eigenvalue weighted by Crippen LogP contribution is -1.91. The predicted octanol–water partition coefficient (Wildman–Crippen LogP) is 5.63. The Bertz CT molecular complexity index is 809. The molecule has 3 aromatic rings. The van der Waals surface area contributed by atoms with Crippen molar-refractivity contribution in [2.24, 2.45) is 0 Å². The lowest BCUT2D eigenvalue weighted by atomic mass is 9.95. The minimum Gasteiger partial charge on any atom is -0.298 e. The average Bonchev–Trinajstić information content (AvgIpc) is 2.46. The van der Waals surface area contributed by atoms with E-state index in [1.54, 1.807) is 12.1 Å². The van der Waals surface area contributed by atoms with Crippen LogP contribution in [-0.2, 0) is 0 Å². The first-order chi connectivity index (χ1) is 9.70. The van der Waals surface area contributed by atoms with E-state index < -0.39 is 0 Å². The first kappa shape index (κ1) is 13.2. The van der Waals surface area contributed by atoms with Crippen LogP contribution in [0.15, 0.2) is 54.6 Å². The zero-order valence-corrected chi connectivity index (χ0v) is 11.9. The van der Waals surface area contributed by atoms with E-state index >= 15 is 0 Å². The van der Waals surface area contributed by atoms with Gasteiger partial charge in [-0.25, -0.2) is 0 Å². The van der Waals surface area contributed by atoms with E-state index in [0.717, 1.165) is 28.2 Å². The van der Waals surface area contributed by atoms with E-state index in [0.29, 0.717) is 15.6 Å². The average molecular weight is 301 g/mol. The molecule has 1 nitrogen and oxygen atoms in total. The van der Waals surface area contributed by atoms with Crippen LogP contribution in [-0.4, -0.2) is 6.29 Å². The Kier molecular flexibility index (Phi) is 3.47. The van der Waals surface area contributed by atoms with E-state index in [2.05, 4.69) is 0 Å². The van der Waals surface area contributed by atoms with E-state index in [9.17, 15) is 4.79 Å². The summed E-state index contributed by atoms with van der Waals surface area (Å²) in [4.78, 5) is 11.5. The molecular weight excluding hydrogens is 291 g/mol. The van der Waals surface area contributed by atoms with Crippen molar-refractivity contribution in [2.45, 2.75) is 0 Å². The second kappa shape index (κ2) is 5.28. The summed E-state index contributed by atoms with van der Waals surface area (Å²) < 4.78 is 0. The Morgan fingerprint density at radius 2 is 1.60 bits per heavy atom. The molecule has 0 bridgehead atoms. The van der Waals surface area contributed by atoms with Gasteiger partial charge in [-0.2, -0.15) is 0 Å². The first-order valence-electron chi connectivity index (χ1n) is 6.13. The van der Waals surface area contributed by atoms with Crippen molar-refractivity contribution in [1.82, 2.24) is 0 Å². The summed E-state index contributed by atoms with van der Waals surface area (Å²) in [7, 11) is 0. The first-order valence-corrected chi connectivity index (χ1v) is 6.88. The highest BCUT2D eigenvalue weighted by Gasteiger charge is 2.11. The molecule has 3 aromatic carbocycles. The van der Waals surface area contributed by atoms with Crippen LogP contribution in [0.4, 0.5) is 0 Å². The van der Waals surface area contributed by atoms with Crippen LogP contribution in [0.1, 0.15) is 10.4 Å². The number of hydrogen-bond donors (Lipinski definition) is 0. The van der Waals surface area contributed by atoms with Crippen molar-refractivity contribution in [1.29, 1.82) is 0 Å². The van der Waals surface area contributed by atoms with Crippen molar-refractivity contribution in [2.75, 3.05) is 0 Å². The Balaban J connectivity index is 2.33. The van der Waals surface area contributed by atoms with E-state index in [4.69, 9.17) is 23.2 Å². The van der Waals surface area contributed by atoms with Crippen molar-refractivity contribution in [3.8, 4) is 11.1 Å². The monoisotopic (exact) mass is 300 g/mol. The molecule has 0 radical (unpaired) electrons. The molecule has 0 saturated heterocycles. The van der Waals surface area contributed by atoms with E-state index in [-0.39, 0.29) is 0 Å². The Labute approximate surface area is 126 Å². The summed E-state index contributed by atoms with van der Waals surface area (Å²) in [5.41, 5.74) is 2.27. The normalized spacial score (nSPS) is 10.7. The van der Waals surface area contributed by atoms with Gasteiger partial charge in [0.15, 0.2) is 6.29 Å². The third-order valence-electron chi connectivity index (χ3n) is 3.31. The summed E-state index contributed by atoms with van der Waals surface area (Å²) in [6.45, 7) is 0. The molecule has 0 aromatic heterocycles. The van der Waals surface area contributed by atoms with Crippen molar-refractivity contribution in [3.63, 3.8) is 0 Å². The molecule has 0 fully saturated rings. The largest absolute Gasteiger partial charge is 0.298 e. The van der Waals surface area contributed by atoms with Crippen molar-refractivity contribution in [3.05, 3.63) is 70.2 Å². The van der Waals surface area contributed by atoms with Gasteiger partial charge in [-0.15, -0.1) is 0 Å². The second-order valence-electron chi connectivity index (χ2n) is 4.49. The fraction of sp³-hybridized carbons (Fsp3) is 0. The van der Waals surface area contributed by atoms with Gasteiger partial charge >= 0.3 is 0 Å². The van der Waals surface area contributed by atoms with E-state index in [1.165, 1.54) is 0 Å². The quantitative estimate of drug-likeness (QED) is 0.561. The lowest BCUT2D eigenvalue weighted by Gasteiger charge is -2.10. The smallest absolute Gasteiger partial charge is 0.151 e. The molecule has 0 heterocycles. The molecule has 98 valence electrons. The minimum absolute atomic E-state index is 0.538. The molecular formula is C17H10Cl2O. The van der Waals surface area contributed by atoms with Gasteiger partial charge in [0.05, 0.1) is 0 Å². The molecule has 0 aliphatic heterocycles. The van der Waals surface area contributed by atoms with Gasteiger partial charge in [0, 0.05) is 21.2 Å². The van der Waals surface area contributed by atoms with Crippen LogP contribution in [0.25, 0.3) is 21.9 Å². The van der Waals surface area contributed by atoms with Crippen LogP contribution < -0.4 is 0 Å². The highest BCUT2D eigenvalue weighted by Crippen LogP contribution is 2.34. The van der Waals surface area contributed by atoms with Crippen LogP contribution in [0.5, 0.6) is 0 Å². The summed E-state index contributed by atoms with van der Waals surface area (Å²) in [5, 5.41) is 3.07. The standard InChI is InChI=1S/C17H10Cl2O/c18-12-6-8-15(17(19)9-12)14-7-5-11-3-1-2-4-13(11)16(14)10-20/h1-10H. The predicted molar refractivity (Wildman–Crippen MR) is 84.8 cm³/mol. The molecule has 0 amide bonds. The van der Waals surface area contributed by atoms with Crippen LogP contribution in [0.2, 0.25) is 10.0 Å². The fourth-order valence-electron chi connectivity index (χ4n) is 2.37. The summed E-state index contributed by atoms with van der Waals surface area (Å²) >= 11 is 12.2. The minimum atomic E-state index is 0.538. The molecule has 0 aliphatic rings. The zero-order valence-electron chi connectivity index (χ0n) is 10.4. The third-order valence-corrected chi connectivity index (χ3v) is 3.86. The maximum Gasteiger partial charge on any atom is 0.151 e. The number of carbonyl (C=O) groups excluding carboxylic acids is 1. The molecule has 0 spiro atoms. The van der Waals surface area contributed by atoms with Gasteiger partial charge in [0.2, 0.25) is 0 Å². The Morgan fingerprint density at radius 1 is 0.850 bits per heavy atom. The topological polar surface area (TPSA) is 17.1 Å². The maximum atomic E-state index is 11.5. The molecule has 0 saturated carbocycles. The number of rotatable bonds is 2. The van der Waals surface area contributed by atoms with Gasteiger partial charge < -0.3 is 0 Å². The summed E-state index contributed by atoms with van der Waals surface area (Å²) in [5.74, 6) is 0. The number of hydrogen-bond acceptors (Lipinski definition) is 1. The number of aldehydes is 1. The molecule has 3 heteroatoms. The number of halogens is 2. The van der Waals surface area contributed by atoms with Gasteiger partial charge in [-0.1, -0.05) is 65.7 Å². The third kappa shape index (κ3) is 2.20. The molecule has 20 heavy (non-hydrogen) atoms. The SMILES string of the molecule is O=Cc1c(-c2ccc(Cl)cc2Cl)ccc2ccccc12. The number of fused-ring (bicyclic) bond motifs is 1. The number of benzene rings is 3. The molecule has 0 aliphatic carbocycles. The van der Waals surface area contributed by atoms with Crippen molar-refractivity contribution < 1.29 is 4.79 Å². The molecule has 3 rings (SSSR count).